The molecule has 1 saturated heterocycles. The topological polar surface area (TPSA) is 105 Å². The first kappa shape index (κ1) is 13.3. The number of esters is 1. The molecule has 1 heterocycles. The van der Waals surface area contributed by atoms with Crippen LogP contribution in [0.15, 0.2) is 0 Å². The van der Waals surface area contributed by atoms with Gasteiger partial charge in [0.15, 0.2) is 12.4 Å². The number of aliphatic hydroxyl groups is 3. The van der Waals surface area contributed by atoms with E-state index >= 15 is 0 Å². The van der Waals surface area contributed by atoms with Crippen LogP contribution in [0.5, 0.6) is 0 Å². The summed E-state index contributed by atoms with van der Waals surface area (Å²) in [5.74, 6) is -0.803. The Hall–Kier alpha value is -0.730. The van der Waals surface area contributed by atoms with Crippen molar-refractivity contribution >= 4 is 5.97 Å². The van der Waals surface area contributed by atoms with Crippen molar-refractivity contribution in [1.82, 2.24) is 0 Å². The van der Waals surface area contributed by atoms with Gasteiger partial charge in [0, 0.05) is 7.11 Å². The second-order valence-corrected chi connectivity index (χ2v) is 3.38. The van der Waals surface area contributed by atoms with Crippen LogP contribution < -0.4 is 0 Å². The van der Waals surface area contributed by atoms with Crippen LogP contribution in [0, 0.1) is 0 Å². The average Bonchev–Trinajstić information content (AvgIpc) is 2.27. The van der Waals surface area contributed by atoms with Crippen molar-refractivity contribution < 1.29 is 34.3 Å². The molecule has 5 atom stereocenters. The van der Waals surface area contributed by atoms with E-state index in [1.54, 1.807) is 6.92 Å². The number of methoxy groups -OCH3 is 1. The van der Waals surface area contributed by atoms with Crippen LogP contribution >= 0.6 is 0 Å². The van der Waals surface area contributed by atoms with E-state index in [-0.39, 0.29) is 6.61 Å². The molecule has 0 radical (unpaired) electrons. The Kier molecular flexibility index (Phi) is 4.63. The minimum absolute atomic E-state index is 0.127. The predicted molar refractivity (Wildman–Crippen MR) is 50.3 cm³/mol. The standard InChI is InChI=1S/C9H16O7/c1-3-15-8(13)7-5(11)4(10)6(12)9(14-2)16-7/h4-7,9-12H,3H2,1-2H3/t4-,5-,6-,7?,9-/m0/s1. The summed E-state index contributed by atoms with van der Waals surface area (Å²) in [6.07, 6.45) is -7.00. The van der Waals surface area contributed by atoms with Crippen molar-refractivity contribution in [2.24, 2.45) is 0 Å². The van der Waals surface area contributed by atoms with Gasteiger partial charge in [-0.2, -0.15) is 0 Å². The molecule has 1 rings (SSSR count). The van der Waals surface area contributed by atoms with Gasteiger partial charge in [0.1, 0.15) is 18.3 Å². The molecule has 0 aliphatic carbocycles. The summed E-state index contributed by atoms with van der Waals surface area (Å²) >= 11 is 0. The first-order valence-corrected chi connectivity index (χ1v) is 4.92. The normalized spacial score (nSPS) is 39.4. The lowest BCUT2D eigenvalue weighted by atomic mass is 9.99. The van der Waals surface area contributed by atoms with Gasteiger partial charge in [-0.3, -0.25) is 0 Å². The fourth-order valence-corrected chi connectivity index (χ4v) is 1.46. The van der Waals surface area contributed by atoms with Crippen molar-refractivity contribution in [3.63, 3.8) is 0 Å². The zero-order valence-corrected chi connectivity index (χ0v) is 9.07. The Morgan fingerprint density at radius 2 is 1.88 bits per heavy atom. The molecular formula is C9H16O7. The average molecular weight is 236 g/mol. The molecule has 3 N–H and O–H groups in total. The van der Waals surface area contributed by atoms with Crippen molar-refractivity contribution in [3.8, 4) is 0 Å². The van der Waals surface area contributed by atoms with Crippen LogP contribution in [0.3, 0.4) is 0 Å². The summed E-state index contributed by atoms with van der Waals surface area (Å²) in [5.41, 5.74) is 0. The lowest BCUT2D eigenvalue weighted by Gasteiger charge is -2.38. The van der Waals surface area contributed by atoms with Gasteiger partial charge in [-0.25, -0.2) is 4.79 Å². The molecule has 1 fully saturated rings. The lowest BCUT2D eigenvalue weighted by molar-refractivity contribution is -0.288. The molecule has 16 heavy (non-hydrogen) atoms. The highest BCUT2D eigenvalue weighted by Gasteiger charge is 2.47. The molecule has 0 saturated carbocycles. The zero-order valence-electron chi connectivity index (χ0n) is 9.07. The van der Waals surface area contributed by atoms with E-state index in [2.05, 4.69) is 4.74 Å². The number of hydrogen-bond donors (Lipinski definition) is 3. The van der Waals surface area contributed by atoms with E-state index in [0.717, 1.165) is 0 Å². The van der Waals surface area contributed by atoms with E-state index < -0.39 is 36.7 Å². The van der Waals surface area contributed by atoms with Gasteiger partial charge in [0.2, 0.25) is 0 Å². The smallest absolute Gasteiger partial charge is 0.338 e. The van der Waals surface area contributed by atoms with Crippen LogP contribution in [0.1, 0.15) is 6.92 Å². The summed E-state index contributed by atoms with van der Waals surface area (Å²) in [5, 5.41) is 28.4. The summed E-state index contributed by atoms with van der Waals surface area (Å²) in [6, 6.07) is 0. The summed E-state index contributed by atoms with van der Waals surface area (Å²) in [4.78, 5) is 11.4. The fraction of sp³-hybridized carbons (Fsp3) is 0.889. The highest BCUT2D eigenvalue weighted by Crippen LogP contribution is 2.22. The molecule has 7 heteroatoms. The summed E-state index contributed by atoms with van der Waals surface area (Å²) < 4.78 is 14.4. The molecule has 0 amide bonds. The fourth-order valence-electron chi connectivity index (χ4n) is 1.46. The van der Waals surface area contributed by atoms with E-state index in [4.69, 9.17) is 9.47 Å². The van der Waals surface area contributed by atoms with Crippen molar-refractivity contribution in [2.75, 3.05) is 13.7 Å². The largest absolute Gasteiger partial charge is 0.464 e. The first-order chi connectivity index (χ1) is 7.52. The summed E-state index contributed by atoms with van der Waals surface area (Å²) in [7, 11) is 1.25. The van der Waals surface area contributed by atoms with Crippen molar-refractivity contribution in [2.45, 2.75) is 37.6 Å². The molecule has 1 unspecified atom stereocenters. The van der Waals surface area contributed by atoms with Crippen LogP contribution in [0.25, 0.3) is 0 Å². The highest BCUT2D eigenvalue weighted by atomic mass is 16.7. The first-order valence-electron chi connectivity index (χ1n) is 4.92. The Bertz CT molecular complexity index is 242. The number of hydrogen-bond acceptors (Lipinski definition) is 7. The zero-order chi connectivity index (χ0) is 12.3. The van der Waals surface area contributed by atoms with E-state index in [1.807, 2.05) is 0 Å². The lowest BCUT2D eigenvalue weighted by Crippen LogP contribution is -2.60. The minimum Gasteiger partial charge on any atom is -0.464 e. The molecule has 0 aromatic rings. The quantitative estimate of drug-likeness (QED) is 0.487. The Morgan fingerprint density at radius 3 is 2.38 bits per heavy atom. The second kappa shape index (κ2) is 5.55. The molecule has 0 aromatic carbocycles. The van der Waals surface area contributed by atoms with Gasteiger partial charge in [-0.1, -0.05) is 0 Å². The number of carbonyl (C=O) groups excluding carboxylic acids is 1. The van der Waals surface area contributed by atoms with E-state index in [0.29, 0.717) is 0 Å². The Balaban J connectivity index is 2.74. The van der Waals surface area contributed by atoms with Crippen LogP contribution in [0.4, 0.5) is 0 Å². The molecule has 1 aliphatic heterocycles. The number of aliphatic hydroxyl groups excluding tert-OH is 3. The third-order valence-corrected chi connectivity index (χ3v) is 2.32. The molecule has 94 valence electrons. The number of rotatable bonds is 3. The molecule has 0 spiro atoms. The van der Waals surface area contributed by atoms with Crippen LogP contribution in [0.2, 0.25) is 0 Å². The van der Waals surface area contributed by atoms with Gasteiger partial charge < -0.3 is 29.5 Å². The SMILES string of the molecule is CCOC(=O)C1O[C@H](OC)[C@@H](O)[C@@H](O)[C@@H]1O. The molecular weight excluding hydrogens is 220 g/mol. The van der Waals surface area contributed by atoms with E-state index in [9.17, 15) is 20.1 Å². The number of carbonyl (C=O) groups is 1. The van der Waals surface area contributed by atoms with Crippen molar-refractivity contribution in [3.05, 3.63) is 0 Å². The number of ether oxygens (including phenoxy) is 3. The summed E-state index contributed by atoms with van der Waals surface area (Å²) in [6.45, 7) is 1.73. The van der Waals surface area contributed by atoms with Gasteiger partial charge in [-0.15, -0.1) is 0 Å². The van der Waals surface area contributed by atoms with Crippen LogP contribution in [-0.4, -0.2) is 65.7 Å². The maximum Gasteiger partial charge on any atom is 0.338 e. The van der Waals surface area contributed by atoms with Crippen molar-refractivity contribution in [1.29, 1.82) is 0 Å². The maximum atomic E-state index is 11.4. The minimum atomic E-state index is -1.54. The molecule has 0 bridgehead atoms. The van der Waals surface area contributed by atoms with Gasteiger partial charge in [-0.05, 0) is 6.92 Å². The molecule has 0 aromatic heterocycles. The molecule has 7 nitrogen and oxygen atoms in total. The van der Waals surface area contributed by atoms with Gasteiger partial charge in [0.05, 0.1) is 6.61 Å². The third-order valence-electron chi connectivity index (χ3n) is 2.32. The highest BCUT2D eigenvalue weighted by molar-refractivity contribution is 5.75. The second-order valence-electron chi connectivity index (χ2n) is 3.38. The van der Waals surface area contributed by atoms with Gasteiger partial charge in [0.25, 0.3) is 0 Å². The van der Waals surface area contributed by atoms with Gasteiger partial charge >= 0.3 is 5.97 Å². The molecule has 1 aliphatic rings. The predicted octanol–water partition coefficient (Wildman–Crippen LogP) is -2.00. The monoisotopic (exact) mass is 236 g/mol. The Labute approximate surface area is 92.5 Å². The van der Waals surface area contributed by atoms with E-state index in [1.165, 1.54) is 7.11 Å². The third kappa shape index (κ3) is 2.50. The maximum absolute atomic E-state index is 11.4. The Morgan fingerprint density at radius 1 is 1.25 bits per heavy atom. The van der Waals surface area contributed by atoms with Crippen LogP contribution in [-0.2, 0) is 19.0 Å².